The summed E-state index contributed by atoms with van der Waals surface area (Å²) in [5, 5.41) is 21.3. The summed E-state index contributed by atoms with van der Waals surface area (Å²) in [6.45, 7) is 0.470. The van der Waals surface area contributed by atoms with Crippen LogP contribution in [0.1, 0.15) is 24.8 Å². The molecule has 3 heterocycles. The van der Waals surface area contributed by atoms with Gasteiger partial charge in [0.2, 0.25) is 11.7 Å². The Morgan fingerprint density at radius 3 is 2.85 bits per heavy atom. The minimum Gasteiger partial charge on any atom is -0.376 e. The van der Waals surface area contributed by atoms with Gasteiger partial charge in [0, 0.05) is 11.3 Å². The molecule has 0 aliphatic heterocycles. The fourth-order valence-electron chi connectivity index (χ4n) is 2.70. The third-order valence-corrected chi connectivity index (χ3v) is 5.05. The highest BCUT2D eigenvalue weighted by Gasteiger charge is 2.28. The Morgan fingerprint density at radius 1 is 1.19 bits per heavy atom. The monoisotopic (exact) mass is 365 g/mol. The molecule has 0 unspecified atom stereocenters. The number of aromatic nitrogens is 6. The number of rotatable bonds is 6. The average molecular weight is 365 g/mol. The van der Waals surface area contributed by atoms with Crippen LogP contribution in [0.2, 0.25) is 0 Å². The highest BCUT2D eigenvalue weighted by atomic mass is 32.1. The van der Waals surface area contributed by atoms with Crippen molar-refractivity contribution in [1.82, 2.24) is 30.3 Å². The van der Waals surface area contributed by atoms with E-state index in [0.29, 0.717) is 24.3 Å². The van der Waals surface area contributed by atoms with Crippen molar-refractivity contribution in [3.8, 4) is 22.1 Å². The largest absolute Gasteiger partial charge is 0.376 e. The third-order valence-electron chi connectivity index (χ3n) is 4.18. The first kappa shape index (κ1) is 15.2. The molecule has 1 N–H and O–H groups in total. The Hall–Kier alpha value is -3.07. The summed E-state index contributed by atoms with van der Waals surface area (Å²) in [5.41, 5.74) is 1.97. The molecule has 0 spiro atoms. The number of anilines is 1. The van der Waals surface area contributed by atoms with E-state index in [-0.39, 0.29) is 0 Å². The smallest absolute Gasteiger partial charge is 0.246 e. The van der Waals surface area contributed by atoms with Crippen LogP contribution in [0.5, 0.6) is 0 Å². The van der Waals surface area contributed by atoms with Gasteiger partial charge in [0.1, 0.15) is 0 Å². The molecular weight excluding hydrogens is 350 g/mol. The first-order chi connectivity index (χ1) is 12.9. The summed E-state index contributed by atoms with van der Waals surface area (Å²) >= 11 is 1.59. The molecule has 0 bridgehead atoms. The summed E-state index contributed by atoms with van der Waals surface area (Å²) in [4.78, 5) is 5.40. The van der Waals surface area contributed by atoms with Gasteiger partial charge in [0.25, 0.3) is 0 Å². The van der Waals surface area contributed by atoms with E-state index in [1.54, 1.807) is 11.3 Å². The maximum atomic E-state index is 5.30. The summed E-state index contributed by atoms with van der Waals surface area (Å²) in [7, 11) is 0. The van der Waals surface area contributed by atoms with Crippen molar-refractivity contribution in [2.45, 2.75) is 25.4 Å². The van der Waals surface area contributed by atoms with Crippen molar-refractivity contribution in [2.24, 2.45) is 0 Å². The predicted molar refractivity (Wildman–Crippen MR) is 96.5 cm³/mol. The molecule has 1 fully saturated rings. The molecule has 130 valence electrons. The van der Waals surface area contributed by atoms with Gasteiger partial charge in [0.15, 0.2) is 5.82 Å². The van der Waals surface area contributed by atoms with Crippen molar-refractivity contribution >= 4 is 17.0 Å². The molecule has 0 amide bonds. The first-order valence-corrected chi connectivity index (χ1v) is 9.23. The lowest BCUT2D eigenvalue weighted by Crippen LogP contribution is -2.01. The molecule has 0 radical (unpaired) electrons. The molecule has 0 atom stereocenters. The standard InChI is InChI=1S/C17H15N7OS/c1-2-14(26-9-1)16-19-15(25-21-16)10-18-12-5-3-11(4-6-12)17-20-22-23-24(17)13-7-8-13/h1-6,9,13,18H,7-8,10H2. The highest BCUT2D eigenvalue weighted by Crippen LogP contribution is 2.36. The molecule has 4 aromatic rings. The van der Waals surface area contributed by atoms with Gasteiger partial charge in [-0.2, -0.15) is 4.98 Å². The van der Waals surface area contributed by atoms with Crippen LogP contribution in [0.25, 0.3) is 22.1 Å². The minimum absolute atomic E-state index is 0.452. The lowest BCUT2D eigenvalue weighted by Gasteiger charge is -2.06. The van der Waals surface area contributed by atoms with E-state index in [9.17, 15) is 0 Å². The van der Waals surface area contributed by atoms with Crippen molar-refractivity contribution in [3.63, 3.8) is 0 Å². The zero-order valence-corrected chi connectivity index (χ0v) is 14.6. The number of nitrogens with zero attached hydrogens (tertiary/aromatic N) is 6. The number of tetrazole rings is 1. The molecule has 9 heteroatoms. The molecular formula is C17H15N7OS. The van der Waals surface area contributed by atoms with Gasteiger partial charge in [-0.15, -0.1) is 16.4 Å². The third kappa shape index (κ3) is 2.97. The quantitative estimate of drug-likeness (QED) is 0.559. The lowest BCUT2D eigenvalue weighted by molar-refractivity contribution is 0.384. The summed E-state index contributed by atoms with van der Waals surface area (Å²) in [6, 6.07) is 12.4. The highest BCUT2D eigenvalue weighted by molar-refractivity contribution is 7.13. The second-order valence-electron chi connectivity index (χ2n) is 6.10. The fourth-order valence-corrected chi connectivity index (χ4v) is 3.35. The van der Waals surface area contributed by atoms with E-state index in [4.69, 9.17) is 4.52 Å². The topological polar surface area (TPSA) is 94.5 Å². The number of hydrogen-bond acceptors (Lipinski definition) is 8. The van der Waals surface area contributed by atoms with Crippen LogP contribution in [0, 0.1) is 0 Å². The van der Waals surface area contributed by atoms with E-state index in [1.807, 2.05) is 46.5 Å². The lowest BCUT2D eigenvalue weighted by atomic mass is 10.2. The number of thiophene rings is 1. The van der Waals surface area contributed by atoms with Crippen LogP contribution in [-0.2, 0) is 6.54 Å². The Balaban J connectivity index is 1.26. The second-order valence-corrected chi connectivity index (χ2v) is 7.05. The second kappa shape index (κ2) is 6.34. The molecule has 3 aromatic heterocycles. The van der Waals surface area contributed by atoms with Gasteiger partial charge in [-0.05, 0) is 59.0 Å². The molecule has 1 aliphatic rings. The van der Waals surface area contributed by atoms with Gasteiger partial charge < -0.3 is 9.84 Å². The van der Waals surface area contributed by atoms with E-state index in [1.165, 1.54) is 0 Å². The number of hydrogen-bond donors (Lipinski definition) is 1. The van der Waals surface area contributed by atoms with Crippen molar-refractivity contribution < 1.29 is 4.52 Å². The van der Waals surface area contributed by atoms with E-state index in [2.05, 4.69) is 31.0 Å². The molecule has 0 saturated heterocycles. The molecule has 5 rings (SSSR count). The summed E-state index contributed by atoms with van der Waals surface area (Å²) < 4.78 is 7.20. The Bertz CT molecular complexity index is 1000. The average Bonchev–Trinajstić information content (AvgIpc) is 3.13. The zero-order chi connectivity index (χ0) is 17.3. The summed E-state index contributed by atoms with van der Waals surface area (Å²) in [5.74, 6) is 1.99. The fraction of sp³-hybridized carbons (Fsp3) is 0.235. The van der Waals surface area contributed by atoms with E-state index in [0.717, 1.165) is 34.8 Å². The molecule has 1 aromatic carbocycles. The molecule has 1 saturated carbocycles. The SMILES string of the molecule is c1csc(-c2noc(CNc3ccc(-c4nnnn4C4CC4)cc3)n2)c1. The van der Waals surface area contributed by atoms with E-state index >= 15 is 0 Å². The number of benzene rings is 1. The predicted octanol–water partition coefficient (Wildman–Crippen LogP) is 3.40. The number of nitrogens with one attached hydrogen (secondary N) is 1. The van der Waals surface area contributed by atoms with E-state index < -0.39 is 0 Å². The normalized spacial score (nSPS) is 13.8. The van der Waals surface area contributed by atoms with Gasteiger partial charge in [-0.1, -0.05) is 11.2 Å². The van der Waals surface area contributed by atoms with Crippen LogP contribution in [0.3, 0.4) is 0 Å². The van der Waals surface area contributed by atoms with Crippen molar-refractivity contribution in [3.05, 3.63) is 47.7 Å². The Morgan fingerprint density at radius 2 is 2.08 bits per heavy atom. The first-order valence-electron chi connectivity index (χ1n) is 8.35. The van der Waals surface area contributed by atoms with Gasteiger partial charge in [-0.25, -0.2) is 4.68 Å². The van der Waals surface area contributed by atoms with Gasteiger partial charge in [-0.3, -0.25) is 0 Å². The van der Waals surface area contributed by atoms with Crippen LogP contribution in [-0.4, -0.2) is 30.3 Å². The summed E-state index contributed by atoms with van der Waals surface area (Å²) in [6.07, 6.45) is 2.30. The zero-order valence-electron chi connectivity index (χ0n) is 13.7. The van der Waals surface area contributed by atoms with Crippen LogP contribution in [0.4, 0.5) is 5.69 Å². The maximum absolute atomic E-state index is 5.30. The van der Waals surface area contributed by atoms with Crippen LogP contribution in [0.15, 0.2) is 46.3 Å². The van der Waals surface area contributed by atoms with Crippen LogP contribution < -0.4 is 5.32 Å². The minimum atomic E-state index is 0.452. The van der Waals surface area contributed by atoms with Crippen molar-refractivity contribution in [1.29, 1.82) is 0 Å². The van der Waals surface area contributed by atoms with Gasteiger partial charge in [0.05, 0.1) is 17.5 Å². The maximum Gasteiger partial charge on any atom is 0.246 e. The molecule has 1 aliphatic carbocycles. The van der Waals surface area contributed by atoms with Gasteiger partial charge >= 0.3 is 0 Å². The Kier molecular flexibility index (Phi) is 3.71. The Labute approximate surface area is 152 Å². The molecule has 8 nitrogen and oxygen atoms in total. The van der Waals surface area contributed by atoms with Crippen molar-refractivity contribution in [2.75, 3.05) is 5.32 Å². The molecule has 26 heavy (non-hydrogen) atoms. The van der Waals surface area contributed by atoms with Crippen LogP contribution >= 0.6 is 11.3 Å².